The Morgan fingerprint density at radius 1 is 0.857 bits per heavy atom. The summed E-state index contributed by atoms with van der Waals surface area (Å²) in [5.41, 5.74) is 0. The minimum atomic E-state index is 0.309. The number of anilines is 1. The molecule has 0 saturated carbocycles. The van der Waals surface area contributed by atoms with E-state index in [-0.39, 0.29) is 0 Å². The summed E-state index contributed by atoms with van der Waals surface area (Å²) in [5.74, 6) is 3.28. The minimum Gasteiger partial charge on any atom is -0.472 e. The number of thioether (sulfide) groups is 1. The predicted molar refractivity (Wildman–Crippen MR) is 150 cm³/mol. The molecule has 13 heteroatoms. The highest BCUT2D eigenvalue weighted by Gasteiger charge is 2.06. The van der Waals surface area contributed by atoms with Crippen LogP contribution in [-0.4, -0.2) is 45.0 Å². The molecule has 0 unspecified atom stereocenters. The molecule has 4 aromatic rings. The Kier molecular flexibility index (Phi) is 10.1. The van der Waals surface area contributed by atoms with E-state index in [1.807, 2.05) is 60.3 Å². The number of nitrogens with one attached hydrogen (secondary N) is 1. The van der Waals surface area contributed by atoms with Crippen LogP contribution in [0, 0.1) is 0 Å². The van der Waals surface area contributed by atoms with Gasteiger partial charge in [0.15, 0.2) is 13.1 Å². The van der Waals surface area contributed by atoms with Crippen LogP contribution in [-0.2, 0) is 12.8 Å². The van der Waals surface area contributed by atoms with E-state index in [0.717, 1.165) is 55.0 Å². The third-order valence-electron chi connectivity index (χ3n) is 4.37. The molecule has 0 spiro atoms. The van der Waals surface area contributed by atoms with Crippen molar-refractivity contribution in [3.63, 3.8) is 0 Å². The van der Waals surface area contributed by atoms with Crippen LogP contribution in [0.2, 0.25) is 0 Å². The van der Waals surface area contributed by atoms with E-state index in [4.69, 9.17) is 9.47 Å². The summed E-state index contributed by atoms with van der Waals surface area (Å²) in [7, 11) is 0. The second kappa shape index (κ2) is 13.7. The summed E-state index contributed by atoms with van der Waals surface area (Å²) < 4.78 is 11.2. The molecular weight excluding hydrogens is 541 g/mol. The molecule has 4 rings (SSSR count). The van der Waals surface area contributed by atoms with Gasteiger partial charge in [-0.15, -0.1) is 45.7 Å². The van der Waals surface area contributed by atoms with Gasteiger partial charge in [0.2, 0.25) is 10.3 Å². The van der Waals surface area contributed by atoms with Gasteiger partial charge in [-0.25, -0.2) is 0 Å². The third-order valence-corrected chi connectivity index (χ3v) is 7.92. The molecule has 1 N–H and O–H groups in total. The van der Waals surface area contributed by atoms with E-state index in [1.54, 1.807) is 0 Å². The van der Waals surface area contributed by atoms with Gasteiger partial charge in [-0.1, -0.05) is 46.9 Å². The summed E-state index contributed by atoms with van der Waals surface area (Å²) in [4.78, 5) is 5.76. The van der Waals surface area contributed by atoms with Gasteiger partial charge >= 0.3 is 0 Å². The topological polar surface area (TPSA) is 94.4 Å². The maximum absolute atomic E-state index is 5.67. The van der Waals surface area contributed by atoms with Gasteiger partial charge in [-0.05, 0) is 35.8 Å². The molecule has 0 bridgehead atoms. The number of aliphatic imine (C=N–C) groups is 1. The monoisotopic (exact) mass is 562 g/mol. The summed E-state index contributed by atoms with van der Waals surface area (Å²) in [6.45, 7) is 0.309. The second-order valence-corrected chi connectivity index (χ2v) is 11.1. The Labute approximate surface area is 226 Å². The molecule has 0 aliphatic rings. The first-order chi connectivity index (χ1) is 17.2. The molecule has 0 fully saturated rings. The molecule has 182 valence electrons. The van der Waals surface area contributed by atoms with E-state index in [9.17, 15) is 0 Å². The maximum atomic E-state index is 5.67. The largest absolute Gasteiger partial charge is 0.472 e. The number of hydrogen-bond acceptors (Lipinski definition) is 13. The van der Waals surface area contributed by atoms with Crippen molar-refractivity contribution in [1.29, 1.82) is 0 Å². The second-order valence-electron chi connectivity index (χ2n) is 6.84. The Bertz CT molecular complexity index is 1250. The fourth-order valence-electron chi connectivity index (χ4n) is 2.68. The van der Waals surface area contributed by atoms with E-state index >= 15 is 0 Å². The number of ether oxygens (including phenoxy) is 2. The van der Waals surface area contributed by atoms with Crippen LogP contribution < -0.4 is 14.8 Å². The van der Waals surface area contributed by atoms with E-state index in [2.05, 4.69) is 56.0 Å². The number of aromatic nitrogens is 4. The molecule has 0 atom stereocenters. The number of rotatable bonds is 13. The quantitative estimate of drug-likeness (QED) is 0.0631. The number of hydrogen-bond donors (Lipinski definition) is 3. The van der Waals surface area contributed by atoms with Gasteiger partial charge in [0.25, 0.3) is 0 Å². The first-order valence-corrected chi connectivity index (χ1v) is 14.2. The lowest BCUT2D eigenvalue weighted by Gasteiger charge is -2.07. The normalized spacial score (nSPS) is 11.1. The van der Waals surface area contributed by atoms with Crippen molar-refractivity contribution in [3.05, 3.63) is 58.5 Å². The van der Waals surface area contributed by atoms with Crippen molar-refractivity contribution in [2.75, 3.05) is 23.6 Å². The molecule has 2 aromatic carbocycles. The zero-order chi connectivity index (χ0) is 24.3. The van der Waals surface area contributed by atoms with Crippen molar-refractivity contribution in [1.82, 2.24) is 20.4 Å². The standard InChI is InChI=1S/C22H22N6O2S5/c31-17-7-3-1-5-15(17)29-13-23-21-27-25-19(34-21)9-11-33-12-10-20-26-28-22(35-20)24-14-30-16-6-2-4-8-18(16)32/h1-8,13,31-32H,9-12,14H2,(H,24,28). The predicted octanol–water partition coefficient (Wildman–Crippen LogP) is 5.67. The van der Waals surface area contributed by atoms with Crippen LogP contribution in [0.5, 0.6) is 11.5 Å². The van der Waals surface area contributed by atoms with Crippen LogP contribution in [0.1, 0.15) is 10.0 Å². The van der Waals surface area contributed by atoms with Crippen LogP contribution >= 0.6 is 59.7 Å². The van der Waals surface area contributed by atoms with E-state index < -0.39 is 0 Å². The Morgan fingerprint density at radius 3 is 2.26 bits per heavy atom. The number of benzene rings is 2. The lowest BCUT2D eigenvalue weighted by atomic mass is 10.3. The smallest absolute Gasteiger partial charge is 0.234 e. The van der Waals surface area contributed by atoms with Crippen molar-refractivity contribution in [3.8, 4) is 11.5 Å². The number of thiol groups is 2. The number of nitrogens with zero attached hydrogens (tertiary/aromatic N) is 5. The molecule has 0 aliphatic carbocycles. The summed E-state index contributed by atoms with van der Waals surface area (Å²) >= 11 is 13.6. The fraction of sp³-hybridized carbons (Fsp3) is 0.227. The molecule has 8 nitrogen and oxygen atoms in total. The van der Waals surface area contributed by atoms with E-state index in [0.29, 0.717) is 17.6 Å². The molecule has 0 radical (unpaired) electrons. The van der Waals surface area contributed by atoms with Gasteiger partial charge in [-0.2, -0.15) is 16.8 Å². The highest BCUT2D eigenvalue weighted by molar-refractivity contribution is 7.99. The summed E-state index contributed by atoms with van der Waals surface area (Å²) in [6, 6.07) is 15.0. The third kappa shape index (κ3) is 8.39. The minimum absolute atomic E-state index is 0.309. The molecule has 2 heterocycles. The highest BCUT2D eigenvalue weighted by atomic mass is 32.2. The average Bonchev–Trinajstić information content (AvgIpc) is 3.51. The lowest BCUT2D eigenvalue weighted by molar-refractivity contribution is 0.339. The Balaban J connectivity index is 1.10. The molecule has 35 heavy (non-hydrogen) atoms. The SMILES string of the molecule is Sc1ccccc1OC=Nc1nnc(CCSCCc2nnc(NCOc3ccccc3S)s2)s1. The van der Waals surface area contributed by atoms with Crippen molar-refractivity contribution in [2.45, 2.75) is 22.6 Å². The number of para-hydroxylation sites is 2. The highest BCUT2D eigenvalue weighted by Crippen LogP contribution is 2.24. The summed E-state index contributed by atoms with van der Waals surface area (Å²) in [6.07, 6.45) is 3.07. The first-order valence-electron chi connectivity index (χ1n) is 10.5. The van der Waals surface area contributed by atoms with Gasteiger partial charge in [0.05, 0.1) is 0 Å². The van der Waals surface area contributed by atoms with Gasteiger partial charge in [0, 0.05) is 22.6 Å². The zero-order valence-corrected chi connectivity index (χ0v) is 22.6. The molecule has 0 aliphatic heterocycles. The van der Waals surface area contributed by atoms with Crippen LogP contribution in [0.3, 0.4) is 0 Å². The zero-order valence-electron chi connectivity index (χ0n) is 18.4. The van der Waals surface area contributed by atoms with E-state index in [1.165, 1.54) is 29.1 Å². The van der Waals surface area contributed by atoms with Gasteiger partial charge in [-0.3, -0.25) is 0 Å². The number of aryl methyl sites for hydroxylation is 2. The van der Waals surface area contributed by atoms with Gasteiger partial charge in [0.1, 0.15) is 21.5 Å². The fourth-order valence-corrected chi connectivity index (χ4v) is 5.66. The van der Waals surface area contributed by atoms with Gasteiger partial charge < -0.3 is 14.8 Å². The molecular formula is C22H22N6O2S5. The molecule has 0 saturated heterocycles. The van der Waals surface area contributed by atoms with Crippen LogP contribution in [0.15, 0.2) is 63.3 Å². The Morgan fingerprint density at radius 2 is 1.51 bits per heavy atom. The summed E-state index contributed by atoms with van der Waals surface area (Å²) in [5, 5.41) is 23.1. The van der Waals surface area contributed by atoms with Crippen molar-refractivity contribution in [2.24, 2.45) is 4.99 Å². The Hall–Kier alpha value is -2.32. The van der Waals surface area contributed by atoms with Crippen molar-refractivity contribution >= 4 is 76.4 Å². The average molecular weight is 563 g/mol. The van der Waals surface area contributed by atoms with Crippen LogP contribution in [0.25, 0.3) is 0 Å². The first kappa shape index (κ1) is 25.8. The van der Waals surface area contributed by atoms with Crippen LogP contribution in [0.4, 0.5) is 10.3 Å². The molecule has 0 amide bonds. The maximum Gasteiger partial charge on any atom is 0.234 e. The molecule has 2 aromatic heterocycles. The lowest BCUT2D eigenvalue weighted by Crippen LogP contribution is -2.08. The van der Waals surface area contributed by atoms with Crippen molar-refractivity contribution < 1.29 is 9.47 Å².